The molecule has 0 saturated carbocycles. The van der Waals surface area contributed by atoms with Crippen molar-refractivity contribution in [2.75, 3.05) is 12.4 Å². The van der Waals surface area contributed by atoms with E-state index in [1.54, 1.807) is 6.07 Å². The van der Waals surface area contributed by atoms with E-state index in [1.165, 1.54) is 19.2 Å². The fourth-order valence-electron chi connectivity index (χ4n) is 1.42. The van der Waals surface area contributed by atoms with Crippen molar-refractivity contribution in [2.24, 2.45) is 0 Å². The van der Waals surface area contributed by atoms with Crippen LogP contribution in [0, 0.1) is 0 Å². The zero-order valence-electron chi connectivity index (χ0n) is 10.9. The lowest BCUT2D eigenvalue weighted by atomic mass is 10.2. The van der Waals surface area contributed by atoms with E-state index in [9.17, 15) is 14.4 Å². The molecule has 2 amide bonds. The maximum atomic E-state index is 11.7. The fourth-order valence-corrected chi connectivity index (χ4v) is 1.58. The maximum Gasteiger partial charge on any atom is 0.326 e. The van der Waals surface area contributed by atoms with Gasteiger partial charge in [0.15, 0.2) is 0 Å². The van der Waals surface area contributed by atoms with E-state index < -0.39 is 30.4 Å². The van der Waals surface area contributed by atoms with Gasteiger partial charge in [0.2, 0.25) is 0 Å². The highest BCUT2D eigenvalue weighted by molar-refractivity contribution is 6.33. The molecule has 0 saturated heterocycles. The molecule has 114 valence electrons. The van der Waals surface area contributed by atoms with Crippen molar-refractivity contribution in [3.05, 3.63) is 23.2 Å². The summed E-state index contributed by atoms with van der Waals surface area (Å²) in [4.78, 5) is 33.0. The van der Waals surface area contributed by atoms with Crippen LogP contribution in [-0.2, 0) is 9.59 Å². The van der Waals surface area contributed by atoms with Gasteiger partial charge in [-0.3, -0.25) is 4.79 Å². The molecule has 1 atom stereocenters. The summed E-state index contributed by atoms with van der Waals surface area (Å²) in [6.07, 6.45) is -0.741. The Kier molecular flexibility index (Phi) is 5.79. The molecule has 0 aliphatic rings. The van der Waals surface area contributed by atoms with E-state index >= 15 is 0 Å². The summed E-state index contributed by atoms with van der Waals surface area (Å²) in [5.41, 5.74) is 0.202. The van der Waals surface area contributed by atoms with Gasteiger partial charge in [-0.15, -0.1) is 0 Å². The molecule has 0 spiro atoms. The molecular formula is C12H13ClN2O6. The van der Waals surface area contributed by atoms with Crippen molar-refractivity contribution in [1.29, 1.82) is 0 Å². The van der Waals surface area contributed by atoms with E-state index in [0.29, 0.717) is 5.75 Å². The number of urea groups is 1. The monoisotopic (exact) mass is 316 g/mol. The third kappa shape index (κ3) is 5.19. The number of methoxy groups -OCH3 is 1. The van der Waals surface area contributed by atoms with E-state index in [-0.39, 0.29) is 10.7 Å². The molecule has 0 unspecified atom stereocenters. The van der Waals surface area contributed by atoms with Crippen LogP contribution in [0.3, 0.4) is 0 Å². The highest BCUT2D eigenvalue weighted by Crippen LogP contribution is 2.26. The number of nitrogens with one attached hydrogen (secondary N) is 2. The lowest BCUT2D eigenvalue weighted by Crippen LogP contribution is -2.44. The highest BCUT2D eigenvalue weighted by atomic mass is 35.5. The molecular weight excluding hydrogens is 304 g/mol. The van der Waals surface area contributed by atoms with Gasteiger partial charge < -0.3 is 25.6 Å². The van der Waals surface area contributed by atoms with Crippen molar-refractivity contribution in [2.45, 2.75) is 12.5 Å². The van der Waals surface area contributed by atoms with Gasteiger partial charge in [0.25, 0.3) is 0 Å². The van der Waals surface area contributed by atoms with Crippen molar-refractivity contribution in [1.82, 2.24) is 5.32 Å². The number of carboxylic acids is 2. The zero-order valence-corrected chi connectivity index (χ0v) is 11.7. The number of carbonyl (C=O) groups excluding carboxylic acids is 1. The number of anilines is 1. The first-order chi connectivity index (χ1) is 9.83. The minimum absolute atomic E-state index is 0.202. The lowest BCUT2D eigenvalue weighted by Gasteiger charge is -2.14. The molecule has 0 aliphatic heterocycles. The van der Waals surface area contributed by atoms with Gasteiger partial charge in [0.1, 0.15) is 11.8 Å². The number of carbonyl (C=O) groups is 3. The maximum absolute atomic E-state index is 11.7. The average Bonchev–Trinajstić information content (AvgIpc) is 2.39. The van der Waals surface area contributed by atoms with Gasteiger partial charge in [-0.2, -0.15) is 0 Å². The zero-order chi connectivity index (χ0) is 16.0. The lowest BCUT2D eigenvalue weighted by molar-refractivity contribution is -0.145. The fraction of sp³-hybridized carbons (Fsp3) is 0.250. The van der Waals surface area contributed by atoms with Gasteiger partial charge >= 0.3 is 18.0 Å². The van der Waals surface area contributed by atoms with Gasteiger partial charge in [0, 0.05) is 6.07 Å². The minimum Gasteiger partial charge on any atom is -0.497 e. The standard InChI is InChI=1S/C12H13ClN2O6/c1-21-6-2-3-7(13)8(4-6)14-12(20)15-9(11(18)19)5-10(16)17/h2-4,9H,5H2,1H3,(H,16,17)(H,18,19)(H2,14,15,20)/t9-/m0/s1. The number of amides is 2. The second kappa shape index (κ2) is 7.34. The number of hydrogen-bond acceptors (Lipinski definition) is 4. The van der Waals surface area contributed by atoms with Gasteiger partial charge in [-0.1, -0.05) is 11.6 Å². The van der Waals surface area contributed by atoms with Crippen LogP contribution in [0.4, 0.5) is 10.5 Å². The summed E-state index contributed by atoms with van der Waals surface area (Å²) in [5.74, 6) is -2.36. The first kappa shape index (κ1) is 16.6. The van der Waals surface area contributed by atoms with Crippen LogP contribution < -0.4 is 15.4 Å². The molecule has 0 fully saturated rings. The smallest absolute Gasteiger partial charge is 0.326 e. The molecule has 0 aromatic heterocycles. The SMILES string of the molecule is COc1ccc(Cl)c(NC(=O)N[C@@H](CC(=O)O)C(=O)O)c1. The van der Waals surface area contributed by atoms with Gasteiger partial charge in [-0.05, 0) is 12.1 Å². The number of halogens is 1. The average molecular weight is 317 g/mol. The molecule has 0 heterocycles. The van der Waals surface area contributed by atoms with Crippen LogP contribution in [-0.4, -0.2) is 41.3 Å². The van der Waals surface area contributed by atoms with Crippen LogP contribution in [0.25, 0.3) is 0 Å². The number of carboxylic acid groups (broad SMARTS) is 2. The Morgan fingerprint density at radius 2 is 2.00 bits per heavy atom. The highest BCUT2D eigenvalue weighted by Gasteiger charge is 2.23. The van der Waals surface area contributed by atoms with E-state index in [0.717, 1.165) is 0 Å². The predicted molar refractivity (Wildman–Crippen MR) is 73.8 cm³/mol. The first-order valence-corrected chi connectivity index (χ1v) is 6.07. The molecule has 1 aromatic rings. The summed E-state index contributed by atoms with van der Waals surface area (Å²) >= 11 is 5.87. The van der Waals surface area contributed by atoms with E-state index in [1.807, 2.05) is 5.32 Å². The van der Waals surface area contributed by atoms with Crippen LogP contribution in [0.15, 0.2) is 18.2 Å². The van der Waals surface area contributed by atoms with Crippen LogP contribution in [0.5, 0.6) is 5.75 Å². The predicted octanol–water partition coefficient (Wildman–Crippen LogP) is 1.40. The third-order valence-corrected chi connectivity index (χ3v) is 2.73. The molecule has 0 aliphatic carbocycles. The second-order valence-electron chi connectivity index (χ2n) is 3.93. The minimum atomic E-state index is -1.55. The van der Waals surface area contributed by atoms with Crippen molar-refractivity contribution < 1.29 is 29.3 Å². The molecule has 0 bridgehead atoms. The number of aliphatic carboxylic acids is 2. The Labute approximate surface area is 124 Å². The van der Waals surface area contributed by atoms with Gasteiger partial charge in [-0.25, -0.2) is 9.59 Å². The van der Waals surface area contributed by atoms with Crippen LogP contribution >= 0.6 is 11.6 Å². The first-order valence-electron chi connectivity index (χ1n) is 5.69. The molecule has 0 radical (unpaired) electrons. The largest absolute Gasteiger partial charge is 0.497 e. The number of hydrogen-bond donors (Lipinski definition) is 4. The Hall–Kier alpha value is -2.48. The van der Waals surface area contributed by atoms with Crippen molar-refractivity contribution >= 4 is 35.3 Å². The third-order valence-electron chi connectivity index (χ3n) is 2.40. The summed E-state index contributed by atoms with van der Waals surface area (Å²) < 4.78 is 4.96. The molecule has 1 rings (SSSR count). The summed E-state index contributed by atoms with van der Waals surface area (Å²) in [6, 6.07) is 2.07. The molecule has 21 heavy (non-hydrogen) atoms. The molecule has 1 aromatic carbocycles. The Bertz CT molecular complexity index is 563. The van der Waals surface area contributed by atoms with Crippen molar-refractivity contribution in [3.63, 3.8) is 0 Å². The second-order valence-corrected chi connectivity index (χ2v) is 4.34. The van der Waals surface area contributed by atoms with Crippen LogP contribution in [0.1, 0.15) is 6.42 Å². The summed E-state index contributed by atoms with van der Waals surface area (Å²) in [7, 11) is 1.43. The molecule has 8 nitrogen and oxygen atoms in total. The Balaban J connectivity index is 2.76. The van der Waals surface area contributed by atoms with E-state index in [4.69, 9.17) is 26.6 Å². The van der Waals surface area contributed by atoms with Crippen molar-refractivity contribution in [3.8, 4) is 5.75 Å². The summed E-state index contributed by atoms with van der Waals surface area (Å²) in [5, 5.41) is 22.0. The Morgan fingerprint density at radius 1 is 1.33 bits per heavy atom. The van der Waals surface area contributed by atoms with E-state index in [2.05, 4.69) is 5.32 Å². The Morgan fingerprint density at radius 3 is 2.52 bits per heavy atom. The summed E-state index contributed by atoms with van der Waals surface area (Å²) in [6.45, 7) is 0. The number of benzene rings is 1. The number of rotatable bonds is 6. The quantitative estimate of drug-likeness (QED) is 0.628. The van der Waals surface area contributed by atoms with Gasteiger partial charge in [0.05, 0.1) is 24.2 Å². The number of ether oxygens (including phenoxy) is 1. The normalized spacial score (nSPS) is 11.3. The molecule has 9 heteroatoms. The topological polar surface area (TPSA) is 125 Å². The van der Waals surface area contributed by atoms with Crippen LogP contribution in [0.2, 0.25) is 5.02 Å². The molecule has 4 N–H and O–H groups in total.